The molecular formula is C22H32N6. The van der Waals surface area contributed by atoms with Gasteiger partial charge in [0, 0.05) is 52.7 Å². The molecule has 0 amide bonds. The minimum Gasteiger partial charge on any atom is -0.372 e. The van der Waals surface area contributed by atoms with E-state index < -0.39 is 0 Å². The number of benzene rings is 1. The smallest absolute Gasteiger partial charge is 0.191 e. The number of guanidine groups is 1. The lowest BCUT2D eigenvalue weighted by molar-refractivity contribution is 0.685. The summed E-state index contributed by atoms with van der Waals surface area (Å²) in [4.78, 5) is 13.2. The van der Waals surface area contributed by atoms with Crippen molar-refractivity contribution < 1.29 is 0 Å². The van der Waals surface area contributed by atoms with Crippen molar-refractivity contribution in [3.8, 4) is 0 Å². The van der Waals surface area contributed by atoms with Crippen LogP contribution in [0, 0.1) is 0 Å². The molecule has 1 aromatic carbocycles. The van der Waals surface area contributed by atoms with Crippen LogP contribution in [0.25, 0.3) is 0 Å². The molecule has 0 saturated carbocycles. The van der Waals surface area contributed by atoms with Crippen molar-refractivity contribution in [3.63, 3.8) is 0 Å². The Kier molecular flexibility index (Phi) is 6.74. The van der Waals surface area contributed by atoms with E-state index in [2.05, 4.69) is 62.8 Å². The summed E-state index contributed by atoms with van der Waals surface area (Å²) in [6.07, 6.45) is 4.42. The van der Waals surface area contributed by atoms with E-state index in [9.17, 15) is 0 Å². The molecule has 1 fully saturated rings. The average molecular weight is 381 g/mol. The number of rotatable bonds is 6. The van der Waals surface area contributed by atoms with E-state index in [1.807, 2.05) is 31.3 Å². The van der Waals surface area contributed by atoms with E-state index in [1.165, 1.54) is 29.7 Å². The molecule has 1 saturated heterocycles. The highest BCUT2D eigenvalue weighted by Gasteiger charge is 2.14. The molecule has 2 aromatic rings. The molecular weight excluding hydrogens is 348 g/mol. The minimum absolute atomic E-state index is 0.170. The molecule has 0 aliphatic carbocycles. The van der Waals surface area contributed by atoms with Crippen molar-refractivity contribution in [2.45, 2.75) is 32.4 Å². The molecule has 1 aliphatic heterocycles. The van der Waals surface area contributed by atoms with Crippen LogP contribution >= 0.6 is 0 Å². The Balaban J connectivity index is 1.60. The van der Waals surface area contributed by atoms with Gasteiger partial charge in [0.2, 0.25) is 0 Å². The maximum atomic E-state index is 4.38. The van der Waals surface area contributed by atoms with E-state index in [1.54, 1.807) is 7.05 Å². The van der Waals surface area contributed by atoms with Gasteiger partial charge in [0.05, 0.1) is 6.04 Å². The molecule has 3 rings (SSSR count). The molecule has 0 spiro atoms. The van der Waals surface area contributed by atoms with Gasteiger partial charge >= 0.3 is 0 Å². The molecule has 1 unspecified atom stereocenters. The summed E-state index contributed by atoms with van der Waals surface area (Å²) in [6, 6.07) is 13.1. The van der Waals surface area contributed by atoms with Gasteiger partial charge < -0.3 is 20.4 Å². The third-order valence-corrected chi connectivity index (χ3v) is 5.15. The van der Waals surface area contributed by atoms with E-state index in [-0.39, 0.29) is 6.04 Å². The van der Waals surface area contributed by atoms with Gasteiger partial charge in [-0.25, -0.2) is 4.98 Å². The molecule has 2 N–H and O–H groups in total. The van der Waals surface area contributed by atoms with Gasteiger partial charge in [-0.3, -0.25) is 4.99 Å². The normalized spacial score (nSPS) is 15.4. The van der Waals surface area contributed by atoms with Crippen molar-refractivity contribution in [2.24, 2.45) is 4.99 Å². The van der Waals surface area contributed by atoms with Crippen molar-refractivity contribution >= 4 is 17.5 Å². The fourth-order valence-electron chi connectivity index (χ4n) is 3.45. The Morgan fingerprint density at radius 3 is 2.71 bits per heavy atom. The zero-order valence-corrected chi connectivity index (χ0v) is 17.4. The Morgan fingerprint density at radius 2 is 2.00 bits per heavy atom. The second-order valence-electron chi connectivity index (χ2n) is 7.50. The Bertz CT molecular complexity index is 795. The molecule has 0 bridgehead atoms. The summed E-state index contributed by atoms with van der Waals surface area (Å²) >= 11 is 0. The predicted molar refractivity (Wildman–Crippen MR) is 118 cm³/mol. The first kappa shape index (κ1) is 20.0. The molecule has 6 nitrogen and oxygen atoms in total. The molecule has 1 aromatic heterocycles. The highest BCUT2D eigenvalue weighted by Crippen LogP contribution is 2.24. The van der Waals surface area contributed by atoms with Crippen LogP contribution in [-0.4, -0.2) is 45.2 Å². The molecule has 2 heterocycles. The van der Waals surface area contributed by atoms with Crippen molar-refractivity contribution in [2.75, 3.05) is 44.0 Å². The number of pyridine rings is 1. The molecule has 150 valence electrons. The van der Waals surface area contributed by atoms with Crippen molar-refractivity contribution in [3.05, 3.63) is 53.7 Å². The lowest BCUT2D eigenvalue weighted by Gasteiger charge is -2.22. The third-order valence-electron chi connectivity index (χ3n) is 5.15. The number of anilines is 2. The van der Waals surface area contributed by atoms with Crippen LogP contribution in [0.5, 0.6) is 0 Å². The number of hydrogen-bond donors (Lipinski definition) is 2. The largest absolute Gasteiger partial charge is 0.372 e. The Morgan fingerprint density at radius 1 is 1.21 bits per heavy atom. The van der Waals surface area contributed by atoms with Gasteiger partial charge in [0.25, 0.3) is 0 Å². The number of nitrogens with one attached hydrogen (secondary N) is 2. The number of nitrogens with zero attached hydrogens (tertiary/aromatic N) is 4. The molecule has 28 heavy (non-hydrogen) atoms. The zero-order valence-electron chi connectivity index (χ0n) is 17.4. The predicted octanol–water partition coefficient (Wildman–Crippen LogP) is 3.17. The molecule has 1 atom stereocenters. The first-order chi connectivity index (χ1) is 13.6. The van der Waals surface area contributed by atoms with Crippen LogP contribution in [0.1, 0.15) is 36.9 Å². The second-order valence-corrected chi connectivity index (χ2v) is 7.50. The Labute approximate surface area is 168 Å². The molecule has 0 radical (unpaired) electrons. The van der Waals surface area contributed by atoms with E-state index in [0.29, 0.717) is 6.54 Å². The number of aromatic nitrogens is 1. The standard InChI is InChI=1S/C22H32N6/c1-17(19-8-7-9-20(15-19)28-12-5-6-13-28)26-22(23-2)25-16-18-10-11-24-21(14-18)27(3)4/h7-11,14-15,17H,5-6,12-13,16H2,1-4H3,(H2,23,25,26). The van der Waals surface area contributed by atoms with Crippen LogP contribution in [0.3, 0.4) is 0 Å². The SMILES string of the molecule is CN=C(NCc1ccnc(N(C)C)c1)NC(C)c1cccc(N2CCCC2)c1. The lowest BCUT2D eigenvalue weighted by atomic mass is 10.1. The monoisotopic (exact) mass is 380 g/mol. The summed E-state index contributed by atoms with van der Waals surface area (Å²) in [5, 5.41) is 6.91. The van der Waals surface area contributed by atoms with Crippen LogP contribution < -0.4 is 20.4 Å². The first-order valence-electron chi connectivity index (χ1n) is 10.0. The van der Waals surface area contributed by atoms with Crippen LogP contribution in [0.2, 0.25) is 0 Å². The maximum absolute atomic E-state index is 4.38. The van der Waals surface area contributed by atoms with Gasteiger partial charge in [-0.15, -0.1) is 0 Å². The van der Waals surface area contributed by atoms with E-state index in [0.717, 1.165) is 24.9 Å². The first-order valence-corrected chi connectivity index (χ1v) is 10.0. The fraction of sp³-hybridized carbons (Fsp3) is 0.455. The highest BCUT2D eigenvalue weighted by atomic mass is 15.2. The summed E-state index contributed by atoms with van der Waals surface area (Å²) in [5.41, 5.74) is 3.76. The van der Waals surface area contributed by atoms with E-state index >= 15 is 0 Å². The fourth-order valence-corrected chi connectivity index (χ4v) is 3.45. The van der Waals surface area contributed by atoms with Gasteiger partial charge in [0.15, 0.2) is 5.96 Å². The third kappa shape index (κ3) is 5.15. The van der Waals surface area contributed by atoms with Gasteiger partial charge in [0.1, 0.15) is 5.82 Å². The average Bonchev–Trinajstić information content (AvgIpc) is 3.26. The van der Waals surface area contributed by atoms with Crippen LogP contribution in [0.4, 0.5) is 11.5 Å². The van der Waals surface area contributed by atoms with Crippen molar-refractivity contribution in [1.29, 1.82) is 0 Å². The van der Waals surface area contributed by atoms with Gasteiger partial charge in [-0.1, -0.05) is 12.1 Å². The number of aliphatic imine (C=N–C) groups is 1. The minimum atomic E-state index is 0.170. The second kappa shape index (κ2) is 9.44. The van der Waals surface area contributed by atoms with Crippen LogP contribution in [-0.2, 0) is 6.54 Å². The van der Waals surface area contributed by atoms with Gasteiger partial charge in [-0.2, -0.15) is 0 Å². The summed E-state index contributed by atoms with van der Waals surface area (Å²) in [6.45, 7) is 5.20. The zero-order chi connectivity index (χ0) is 19.9. The summed E-state index contributed by atoms with van der Waals surface area (Å²) in [5.74, 6) is 1.75. The number of hydrogen-bond acceptors (Lipinski definition) is 4. The van der Waals surface area contributed by atoms with Crippen molar-refractivity contribution in [1.82, 2.24) is 15.6 Å². The molecule has 1 aliphatic rings. The summed E-state index contributed by atoms with van der Waals surface area (Å²) < 4.78 is 0. The topological polar surface area (TPSA) is 55.8 Å². The summed E-state index contributed by atoms with van der Waals surface area (Å²) in [7, 11) is 5.80. The quantitative estimate of drug-likeness (QED) is 0.595. The maximum Gasteiger partial charge on any atom is 0.191 e. The van der Waals surface area contributed by atoms with E-state index in [4.69, 9.17) is 0 Å². The van der Waals surface area contributed by atoms with Crippen LogP contribution in [0.15, 0.2) is 47.6 Å². The van der Waals surface area contributed by atoms with Gasteiger partial charge in [-0.05, 0) is 55.2 Å². The Hall–Kier alpha value is -2.76. The lowest BCUT2D eigenvalue weighted by Crippen LogP contribution is -2.38. The highest BCUT2D eigenvalue weighted by molar-refractivity contribution is 5.80. The molecule has 6 heteroatoms.